The van der Waals surface area contributed by atoms with Crippen molar-refractivity contribution in [2.24, 2.45) is 0 Å². The van der Waals surface area contributed by atoms with Crippen molar-refractivity contribution in [3.63, 3.8) is 0 Å². The maximum absolute atomic E-state index is 13.5. The molecule has 0 amide bonds. The zero-order valence-corrected chi connectivity index (χ0v) is 19.1. The predicted molar refractivity (Wildman–Crippen MR) is 131 cm³/mol. The third kappa shape index (κ3) is 6.50. The smallest absolute Gasteiger partial charge is 0.243 e. The number of benzene rings is 3. The Morgan fingerprint density at radius 3 is 2.19 bits per heavy atom. The summed E-state index contributed by atoms with van der Waals surface area (Å²) in [5.41, 5.74) is 3.05. The largest absolute Gasteiger partial charge is 0.375 e. The summed E-state index contributed by atoms with van der Waals surface area (Å²) in [6.45, 7) is 6.64. The topological polar surface area (TPSA) is 46.6 Å². The maximum atomic E-state index is 13.5. The molecule has 0 saturated carbocycles. The fourth-order valence-electron chi connectivity index (χ4n) is 3.25. The first-order chi connectivity index (χ1) is 15.5. The van der Waals surface area contributed by atoms with Crippen LogP contribution in [-0.4, -0.2) is 31.9 Å². The molecule has 0 saturated heterocycles. The Morgan fingerprint density at radius 2 is 1.56 bits per heavy atom. The van der Waals surface area contributed by atoms with Crippen LogP contribution in [0.15, 0.2) is 109 Å². The standard InChI is InChI=1S/C27H29NO3S/c1-3-26(22-31-21-25-13-8-5-9-14-25)28(20-10-15-24-11-6-4-7-12-24)32(29,30)27-18-16-23(2)17-19-27/h3-19,26H,1,20-22H2,2H3/b15-10+/t26-/m0/s1. The molecular weight excluding hydrogens is 418 g/mol. The highest BCUT2D eigenvalue weighted by atomic mass is 32.2. The molecule has 0 unspecified atom stereocenters. The molecule has 32 heavy (non-hydrogen) atoms. The Morgan fingerprint density at radius 1 is 0.938 bits per heavy atom. The van der Waals surface area contributed by atoms with E-state index in [1.165, 1.54) is 4.31 Å². The summed E-state index contributed by atoms with van der Waals surface area (Å²) in [7, 11) is -3.75. The number of aryl methyl sites for hydroxylation is 1. The van der Waals surface area contributed by atoms with Gasteiger partial charge in [0.1, 0.15) is 0 Å². The lowest BCUT2D eigenvalue weighted by Gasteiger charge is -2.28. The van der Waals surface area contributed by atoms with Crippen LogP contribution in [0, 0.1) is 6.92 Å². The molecule has 0 bridgehead atoms. The van der Waals surface area contributed by atoms with Gasteiger partial charge in [-0.3, -0.25) is 0 Å². The number of hydrogen-bond acceptors (Lipinski definition) is 3. The van der Waals surface area contributed by atoms with Crippen molar-refractivity contribution < 1.29 is 13.2 Å². The van der Waals surface area contributed by atoms with E-state index in [1.54, 1.807) is 30.3 Å². The molecule has 3 rings (SSSR count). The minimum atomic E-state index is -3.75. The molecule has 4 nitrogen and oxygen atoms in total. The summed E-state index contributed by atoms with van der Waals surface area (Å²) in [5.74, 6) is 0. The van der Waals surface area contributed by atoms with Gasteiger partial charge in [-0.1, -0.05) is 96.6 Å². The zero-order valence-electron chi connectivity index (χ0n) is 18.3. The SMILES string of the molecule is C=C[C@@H](COCc1ccccc1)N(C/C=C/c1ccccc1)S(=O)(=O)c1ccc(C)cc1. The molecule has 5 heteroatoms. The maximum Gasteiger partial charge on any atom is 0.243 e. The molecule has 3 aromatic carbocycles. The molecule has 166 valence electrons. The third-order valence-corrected chi connectivity index (χ3v) is 6.97. The molecule has 0 fully saturated rings. The van der Waals surface area contributed by atoms with Crippen LogP contribution in [0.3, 0.4) is 0 Å². The van der Waals surface area contributed by atoms with E-state index in [2.05, 4.69) is 6.58 Å². The van der Waals surface area contributed by atoms with E-state index in [4.69, 9.17) is 4.74 Å². The molecule has 0 aromatic heterocycles. The Kier molecular flexibility index (Phi) is 8.56. The Hall–Kier alpha value is -2.99. The van der Waals surface area contributed by atoms with Crippen LogP contribution in [0.2, 0.25) is 0 Å². The molecule has 0 aliphatic rings. The zero-order chi connectivity index (χ0) is 22.8. The quantitative estimate of drug-likeness (QED) is 0.366. The van der Waals surface area contributed by atoms with E-state index in [0.29, 0.717) is 6.61 Å². The van der Waals surface area contributed by atoms with Crippen molar-refractivity contribution in [3.05, 3.63) is 120 Å². The second-order valence-electron chi connectivity index (χ2n) is 7.50. The second-order valence-corrected chi connectivity index (χ2v) is 9.40. The summed E-state index contributed by atoms with van der Waals surface area (Å²) in [6.07, 6.45) is 5.41. The number of nitrogens with zero attached hydrogens (tertiary/aromatic N) is 1. The Labute approximate surface area is 191 Å². The molecule has 0 spiro atoms. The van der Waals surface area contributed by atoms with Gasteiger partial charge in [0.05, 0.1) is 24.2 Å². The molecule has 3 aromatic rings. The van der Waals surface area contributed by atoms with Crippen molar-refractivity contribution in [1.82, 2.24) is 4.31 Å². The van der Waals surface area contributed by atoms with Crippen molar-refractivity contribution in [2.45, 2.75) is 24.5 Å². The van der Waals surface area contributed by atoms with Crippen LogP contribution in [0.4, 0.5) is 0 Å². The van der Waals surface area contributed by atoms with Gasteiger partial charge in [0.25, 0.3) is 0 Å². The molecule has 1 atom stereocenters. The highest BCUT2D eigenvalue weighted by Gasteiger charge is 2.29. The fraction of sp³-hybridized carbons (Fsp3) is 0.185. The summed E-state index contributed by atoms with van der Waals surface area (Å²) in [5, 5.41) is 0. The summed E-state index contributed by atoms with van der Waals surface area (Å²) in [6, 6.07) is 26.0. The van der Waals surface area contributed by atoms with E-state index in [1.807, 2.05) is 79.7 Å². The van der Waals surface area contributed by atoms with E-state index >= 15 is 0 Å². The van der Waals surface area contributed by atoms with E-state index in [9.17, 15) is 8.42 Å². The Bertz CT molecular complexity index is 1110. The number of sulfonamides is 1. The average molecular weight is 448 g/mol. The van der Waals surface area contributed by atoms with E-state index < -0.39 is 16.1 Å². The third-order valence-electron chi connectivity index (χ3n) is 5.06. The molecule has 0 heterocycles. The van der Waals surface area contributed by atoms with Gasteiger partial charge in [-0.2, -0.15) is 4.31 Å². The average Bonchev–Trinajstić information content (AvgIpc) is 2.82. The molecular formula is C27H29NO3S. The number of ether oxygens (including phenoxy) is 1. The lowest BCUT2D eigenvalue weighted by atomic mass is 10.2. The van der Waals surface area contributed by atoms with Crippen LogP contribution in [-0.2, 0) is 21.4 Å². The molecule has 0 N–H and O–H groups in total. The monoisotopic (exact) mass is 447 g/mol. The second kappa shape index (κ2) is 11.6. The lowest BCUT2D eigenvalue weighted by molar-refractivity contribution is 0.0930. The molecule has 0 aliphatic carbocycles. The summed E-state index contributed by atoms with van der Waals surface area (Å²) in [4.78, 5) is 0.256. The van der Waals surface area contributed by atoms with Crippen molar-refractivity contribution in [2.75, 3.05) is 13.2 Å². The lowest BCUT2D eigenvalue weighted by Crippen LogP contribution is -2.42. The van der Waals surface area contributed by atoms with Gasteiger partial charge in [-0.25, -0.2) is 8.42 Å². The van der Waals surface area contributed by atoms with Gasteiger partial charge in [-0.15, -0.1) is 6.58 Å². The van der Waals surface area contributed by atoms with Crippen LogP contribution in [0.25, 0.3) is 6.08 Å². The Balaban J connectivity index is 1.81. The van der Waals surface area contributed by atoms with Gasteiger partial charge in [0, 0.05) is 6.54 Å². The number of hydrogen-bond donors (Lipinski definition) is 0. The van der Waals surface area contributed by atoms with Crippen LogP contribution in [0.5, 0.6) is 0 Å². The first-order valence-electron chi connectivity index (χ1n) is 10.5. The summed E-state index contributed by atoms with van der Waals surface area (Å²) >= 11 is 0. The van der Waals surface area contributed by atoms with Gasteiger partial charge in [-0.05, 0) is 30.2 Å². The first kappa shape index (κ1) is 23.7. The van der Waals surface area contributed by atoms with Crippen molar-refractivity contribution in [1.29, 1.82) is 0 Å². The first-order valence-corrected chi connectivity index (χ1v) is 12.0. The van der Waals surface area contributed by atoms with Crippen LogP contribution >= 0.6 is 0 Å². The van der Waals surface area contributed by atoms with Gasteiger partial charge in [0.15, 0.2) is 0 Å². The minimum Gasteiger partial charge on any atom is -0.375 e. The van der Waals surface area contributed by atoms with Crippen molar-refractivity contribution in [3.8, 4) is 0 Å². The van der Waals surface area contributed by atoms with Crippen LogP contribution in [0.1, 0.15) is 16.7 Å². The van der Waals surface area contributed by atoms with Gasteiger partial charge in [0.2, 0.25) is 10.0 Å². The van der Waals surface area contributed by atoms with Gasteiger partial charge >= 0.3 is 0 Å². The minimum absolute atomic E-state index is 0.205. The molecule has 0 radical (unpaired) electrons. The fourth-order valence-corrected chi connectivity index (χ4v) is 4.79. The summed E-state index contributed by atoms with van der Waals surface area (Å²) < 4.78 is 34.3. The normalized spacial score (nSPS) is 12.8. The van der Waals surface area contributed by atoms with E-state index in [0.717, 1.165) is 16.7 Å². The van der Waals surface area contributed by atoms with E-state index in [-0.39, 0.29) is 18.0 Å². The predicted octanol–water partition coefficient (Wildman–Crippen LogP) is 5.47. The highest BCUT2D eigenvalue weighted by Crippen LogP contribution is 2.20. The number of rotatable bonds is 11. The van der Waals surface area contributed by atoms with Gasteiger partial charge < -0.3 is 4.74 Å². The molecule has 0 aliphatic heterocycles. The van der Waals surface area contributed by atoms with Crippen LogP contribution < -0.4 is 0 Å². The highest BCUT2D eigenvalue weighted by molar-refractivity contribution is 7.89. The van der Waals surface area contributed by atoms with Crippen molar-refractivity contribution >= 4 is 16.1 Å².